The van der Waals surface area contributed by atoms with Crippen LogP contribution in [0.3, 0.4) is 0 Å². The molecule has 1 aromatic carbocycles. The number of terminal acetylenes is 8. The van der Waals surface area contributed by atoms with E-state index in [4.69, 9.17) is 127 Å². The molecule has 0 amide bonds. The van der Waals surface area contributed by atoms with Crippen LogP contribution in [0.4, 0.5) is 0 Å². The Morgan fingerprint density at radius 3 is 0.671 bits per heavy atom. The molecule has 0 aliphatic carbocycles. The zero-order valence-corrected chi connectivity index (χ0v) is 47.1. The highest BCUT2D eigenvalue weighted by molar-refractivity contribution is 5.88. The number of ether oxygens (including phenoxy) is 16. The molecule has 0 aliphatic heterocycles. The Morgan fingerprint density at radius 2 is 0.500 bits per heavy atom. The van der Waals surface area contributed by atoms with Gasteiger partial charge in [0.05, 0.1) is 52.9 Å². The summed E-state index contributed by atoms with van der Waals surface area (Å²) in [5.41, 5.74) is -6.62. The molecule has 0 heterocycles. The zero-order chi connectivity index (χ0) is 61.6. The van der Waals surface area contributed by atoms with Crippen LogP contribution >= 0.6 is 0 Å². The molecule has 0 atom stereocenters. The number of rotatable bonds is 42. The van der Waals surface area contributed by atoms with Crippen molar-refractivity contribution in [1.29, 1.82) is 0 Å². The highest BCUT2D eigenvalue weighted by atomic mass is 16.8. The Kier molecular flexibility index (Phi) is 33.0. The molecular formula is C60H70O22. The highest BCUT2D eigenvalue weighted by Crippen LogP contribution is 2.32. The van der Waals surface area contributed by atoms with Crippen molar-refractivity contribution in [1.82, 2.24) is 0 Å². The average Bonchev–Trinajstić information content (AvgIpc) is 3.56. The van der Waals surface area contributed by atoms with Crippen LogP contribution in [-0.4, -0.2) is 180 Å². The van der Waals surface area contributed by atoms with E-state index in [1.54, 1.807) is 0 Å². The van der Waals surface area contributed by atoms with Crippen molar-refractivity contribution in [2.45, 2.75) is 53.1 Å². The normalized spacial score (nSPS) is 11.4. The molecule has 22 heteroatoms. The molecule has 0 unspecified atom stereocenters. The number of benzene rings is 1. The Morgan fingerprint density at radius 1 is 0.317 bits per heavy atom. The Hall–Kier alpha value is -8.20. The fourth-order valence-corrected chi connectivity index (χ4v) is 6.21. The van der Waals surface area contributed by atoms with Crippen molar-refractivity contribution in [3.63, 3.8) is 0 Å². The molecule has 0 saturated heterocycles. The van der Waals surface area contributed by atoms with E-state index in [-0.39, 0.29) is 130 Å². The number of esters is 6. The van der Waals surface area contributed by atoms with Crippen LogP contribution < -0.4 is 9.47 Å². The van der Waals surface area contributed by atoms with E-state index in [0.29, 0.717) is 0 Å². The van der Waals surface area contributed by atoms with Gasteiger partial charge >= 0.3 is 47.4 Å². The molecule has 0 aliphatic rings. The van der Waals surface area contributed by atoms with E-state index in [2.05, 4.69) is 47.4 Å². The molecule has 1 rings (SSSR count). The standard InChI is InChI=1S/C60H70O22/c1-15-27-67-39-55(9,40-68-28-16-2)49(61)79-59(13,80-50(62)56(10,41-69-29-17-3)42-70-30-18-4)53(65)77-37-35-75-47-23-25-48(26-24-47)76-36-38-78-54(66)60(14,81-51(63)57(11,43-71-31-19-5)44-72-32-20-6)82-52(64)58(12,45-73-33-21-7)46-74-34-22-8/h1-8,23-26H,27-46H2,9-14H3. The summed E-state index contributed by atoms with van der Waals surface area (Å²) < 4.78 is 88.2. The fourth-order valence-electron chi connectivity index (χ4n) is 6.21. The molecule has 0 bridgehead atoms. The van der Waals surface area contributed by atoms with Gasteiger partial charge in [-0.2, -0.15) is 0 Å². The zero-order valence-electron chi connectivity index (χ0n) is 47.1. The first-order chi connectivity index (χ1) is 39.0. The van der Waals surface area contributed by atoms with Crippen LogP contribution in [-0.2, 0) is 95.1 Å². The van der Waals surface area contributed by atoms with E-state index in [1.807, 2.05) is 0 Å². The molecule has 0 aromatic heterocycles. The van der Waals surface area contributed by atoms with Crippen molar-refractivity contribution in [2.24, 2.45) is 21.7 Å². The van der Waals surface area contributed by atoms with Gasteiger partial charge in [0.1, 0.15) is 112 Å². The van der Waals surface area contributed by atoms with E-state index in [1.165, 1.54) is 52.0 Å². The predicted octanol–water partition coefficient (Wildman–Crippen LogP) is 2.36. The first-order valence-electron chi connectivity index (χ1n) is 24.7. The van der Waals surface area contributed by atoms with E-state index in [9.17, 15) is 28.8 Å². The second-order valence-electron chi connectivity index (χ2n) is 18.7. The summed E-state index contributed by atoms with van der Waals surface area (Å²) in [5.74, 6) is 5.99. The lowest BCUT2D eigenvalue weighted by molar-refractivity contribution is -0.248. The summed E-state index contributed by atoms with van der Waals surface area (Å²) in [6.07, 6.45) is 42.6. The van der Waals surface area contributed by atoms with E-state index >= 15 is 0 Å². The molecule has 442 valence electrons. The second-order valence-corrected chi connectivity index (χ2v) is 18.7. The van der Waals surface area contributed by atoms with E-state index < -0.39 is 82.3 Å². The molecule has 1 aromatic rings. The number of carbonyl (C=O) groups is 6. The Labute approximate surface area is 480 Å². The molecular weight excluding hydrogens is 1070 g/mol. The minimum Gasteiger partial charge on any atom is -0.490 e. The monoisotopic (exact) mass is 1140 g/mol. The van der Waals surface area contributed by atoms with Gasteiger partial charge in [-0.15, -0.1) is 51.4 Å². The summed E-state index contributed by atoms with van der Waals surface area (Å²) in [5, 5.41) is 0. The highest BCUT2D eigenvalue weighted by Gasteiger charge is 2.53. The van der Waals surface area contributed by atoms with Crippen LogP contribution in [0.5, 0.6) is 11.5 Å². The summed E-state index contributed by atoms with van der Waals surface area (Å²) >= 11 is 0. The van der Waals surface area contributed by atoms with Gasteiger partial charge in [-0.05, 0) is 52.0 Å². The first-order valence-corrected chi connectivity index (χ1v) is 24.7. The van der Waals surface area contributed by atoms with E-state index in [0.717, 1.165) is 13.8 Å². The Balaban J connectivity index is 3.31. The van der Waals surface area contributed by atoms with Crippen LogP contribution in [0, 0.1) is 120 Å². The molecule has 22 nitrogen and oxygen atoms in total. The van der Waals surface area contributed by atoms with Gasteiger partial charge in [-0.1, -0.05) is 47.4 Å². The van der Waals surface area contributed by atoms with Crippen LogP contribution in [0.1, 0.15) is 41.5 Å². The van der Waals surface area contributed by atoms with Gasteiger partial charge in [0.25, 0.3) is 0 Å². The lowest BCUT2D eigenvalue weighted by Crippen LogP contribution is -2.53. The van der Waals surface area contributed by atoms with Gasteiger partial charge in [-0.3, -0.25) is 19.2 Å². The molecule has 0 spiro atoms. The van der Waals surface area contributed by atoms with Gasteiger partial charge in [-0.25, -0.2) is 9.59 Å². The van der Waals surface area contributed by atoms with Crippen LogP contribution in [0.25, 0.3) is 0 Å². The summed E-state index contributed by atoms with van der Waals surface area (Å²) in [6.45, 7) is 1.46. The summed E-state index contributed by atoms with van der Waals surface area (Å²) in [6, 6.07) is 5.94. The SMILES string of the molecule is C#CCOCC(C)(COCC#C)C(=O)OC(C)(OC(=O)C(C)(COCC#C)COCC#C)C(=O)OCCOc1ccc(OCCOC(=O)C(C)(OC(=O)C(C)(COCC#C)COCC#C)OC(=O)C(C)(COCC#C)COCC#C)cc1. The summed E-state index contributed by atoms with van der Waals surface area (Å²) in [7, 11) is 0. The lowest BCUT2D eigenvalue weighted by Gasteiger charge is -2.35. The van der Waals surface area contributed by atoms with Crippen molar-refractivity contribution >= 4 is 35.8 Å². The van der Waals surface area contributed by atoms with Gasteiger partial charge in [0.2, 0.25) is 0 Å². The van der Waals surface area contributed by atoms with Crippen molar-refractivity contribution < 1.29 is 105 Å². The lowest BCUT2D eigenvalue weighted by atomic mass is 9.92. The van der Waals surface area contributed by atoms with Crippen LogP contribution in [0.15, 0.2) is 24.3 Å². The van der Waals surface area contributed by atoms with Gasteiger partial charge in [0.15, 0.2) is 0 Å². The minimum absolute atomic E-state index is 0.200. The third kappa shape index (κ3) is 25.1. The number of carbonyl (C=O) groups excluding carboxylic acids is 6. The molecule has 0 radical (unpaired) electrons. The average molecular weight is 1140 g/mol. The summed E-state index contributed by atoms with van der Waals surface area (Å²) in [4.78, 5) is 83.3. The predicted molar refractivity (Wildman–Crippen MR) is 290 cm³/mol. The maximum absolute atomic E-state index is 13.9. The molecule has 0 saturated carbocycles. The first kappa shape index (κ1) is 71.8. The van der Waals surface area contributed by atoms with Crippen molar-refractivity contribution in [3.05, 3.63) is 24.3 Å². The third-order valence-electron chi connectivity index (χ3n) is 10.7. The number of hydrogen-bond donors (Lipinski definition) is 0. The van der Waals surface area contributed by atoms with Crippen molar-refractivity contribution in [2.75, 3.05) is 132 Å². The minimum atomic E-state index is -2.76. The third-order valence-corrected chi connectivity index (χ3v) is 10.7. The van der Waals surface area contributed by atoms with Crippen LogP contribution in [0.2, 0.25) is 0 Å². The Bertz CT molecular complexity index is 2200. The second kappa shape index (κ2) is 37.7. The quantitative estimate of drug-likeness (QED) is 0.0300. The fraction of sp³-hybridized carbons (Fsp3) is 0.533. The smallest absolute Gasteiger partial charge is 0.392 e. The molecule has 0 fully saturated rings. The molecule has 82 heavy (non-hydrogen) atoms. The molecule has 0 N–H and O–H groups in total. The maximum Gasteiger partial charge on any atom is 0.392 e. The van der Waals surface area contributed by atoms with Gasteiger partial charge in [0, 0.05) is 13.8 Å². The maximum atomic E-state index is 13.9. The number of hydrogen-bond acceptors (Lipinski definition) is 22. The topological polar surface area (TPSA) is 250 Å². The van der Waals surface area contributed by atoms with Crippen molar-refractivity contribution in [3.8, 4) is 110 Å². The van der Waals surface area contributed by atoms with Gasteiger partial charge < -0.3 is 75.8 Å². The largest absolute Gasteiger partial charge is 0.490 e.